The van der Waals surface area contributed by atoms with E-state index in [9.17, 15) is 9.59 Å². The molecule has 1 saturated heterocycles. The predicted octanol–water partition coefficient (Wildman–Crippen LogP) is -1.19. The van der Waals surface area contributed by atoms with Gasteiger partial charge in [0.2, 0.25) is 0 Å². The summed E-state index contributed by atoms with van der Waals surface area (Å²) in [5.74, 6) is 0. The molecular weight excluding hydrogens is 279 g/mol. The molecule has 1 aliphatic rings. The van der Waals surface area contributed by atoms with Gasteiger partial charge in [0.05, 0.1) is 0 Å². The molecule has 16 heavy (non-hydrogen) atoms. The first kappa shape index (κ1) is 11.6. The van der Waals surface area contributed by atoms with Crippen LogP contribution < -0.4 is 11.2 Å². The Labute approximate surface area is 97.4 Å². The van der Waals surface area contributed by atoms with E-state index >= 15 is 0 Å². The van der Waals surface area contributed by atoms with Crippen LogP contribution in [0.2, 0.25) is 5.32 Å². The van der Waals surface area contributed by atoms with Gasteiger partial charge in [-0.2, -0.15) is 0 Å². The number of hydrogen-bond acceptors (Lipinski definition) is 4. The third-order valence-electron chi connectivity index (χ3n) is 2.34. The van der Waals surface area contributed by atoms with Crippen molar-refractivity contribution < 1.29 is 9.84 Å². The van der Waals surface area contributed by atoms with Gasteiger partial charge in [-0.15, -0.1) is 0 Å². The minimum absolute atomic E-state index is 0.0203. The molecule has 2 atom stereocenters. The van der Waals surface area contributed by atoms with Crippen molar-refractivity contribution in [2.45, 2.75) is 23.5 Å². The SMILES string of the molecule is Cc1cn([C@H]2C[Se][C@@H](CO)O2)c(=O)[nH]c1=O. The minimum atomic E-state index is -0.463. The third kappa shape index (κ3) is 2.12. The van der Waals surface area contributed by atoms with E-state index in [2.05, 4.69) is 4.98 Å². The Hall–Kier alpha value is -0.881. The Balaban J connectivity index is 2.32. The summed E-state index contributed by atoms with van der Waals surface area (Å²) < 4.78 is 6.87. The topological polar surface area (TPSA) is 84.3 Å². The maximum absolute atomic E-state index is 11.5. The zero-order valence-corrected chi connectivity index (χ0v) is 10.4. The number of aromatic nitrogens is 2. The predicted molar refractivity (Wildman–Crippen MR) is 57.6 cm³/mol. The van der Waals surface area contributed by atoms with Gasteiger partial charge in [0.25, 0.3) is 0 Å². The van der Waals surface area contributed by atoms with E-state index in [-0.39, 0.29) is 38.4 Å². The number of ether oxygens (including phenoxy) is 1. The van der Waals surface area contributed by atoms with Gasteiger partial charge in [0.15, 0.2) is 0 Å². The van der Waals surface area contributed by atoms with E-state index in [4.69, 9.17) is 9.84 Å². The van der Waals surface area contributed by atoms with Crippen LogP contribution in [0.3, 0.4) is 0 Å². The summed E-state index contributed by atoms with van der Waals surface area (Å²) in [5, 5.41) is 9.51. The van der Waals surface area contributed by atoms with Crippen molar-refractivity contribution in [3.05, 3.63) is 32.6 Å². The summed E-state index contributed by atoms with van der Waals surface area (Å²) in [4.78, 5) is 25.0. The Bertz CT molecular complexity index is 495. The molecule has 7 heteroatoms. The summed E-state index contributed by atoms with van der Waals surface area (Å²) in [6, 6.07) is 0. The Morgan fingerprint density at radius 2 is 2.44 bits per heavy atom. The van der Waals surface area contributed by atoms with Gasteiger partial charge in [0.1, 0.15) is 0 Å². The van der Waals surface area contributed by atoms with Gasteiger partial charge in [-0.1, -0.05) is 0 Å². The van der Waals surface area contributed by atoms with Crippen LogP contribution in [0.25, 0.3) is 0 Å². The van der Waals surface area contributed by atoms with E-state index in [1.54, 1.807) is 6.92 Å². The standard InChI is InChI=1S/C9H12N2O4Se/c1-5-2-11(9(14)10-8(5)13)6-4-16-7(3-12)15-6/h2,6-7,12H,3-4H2,1H3,(H,10,13,14)/t6-,7+/m1/s1. The number of nitrogens with zero attached hydrogens (tertiary/aromatic N) is 1. The molecule has 0 bridgehead atoms. The maximum atomic E-state index is 11.5. The molecule has 0 aromatic carbocycles. The zero-order chi connectivity index (χ0) is 11.7. The van der Waals surface area contributed by atoms with E-state index in [1.807, 2.05) is 0 Å². The molecule has 0 spiro atoms. The first-order chi connectivity index (χ1) is 7.61. The van der Waals surface area contributed by atoms with E-state index in [0.717, 1.165) is 5.32 Å². The molecule has 0 radical (unpaired) electrons. The molecule has 0 unspecified atom stereocenters. The van der Waals surface area contributed by atoms with Gasteiger partial charge in [0, 0.05) is 0 Å². The molecule has 2 rings (SSSR count). The number of aliphatic hydroxyl groups is 1. The summed E-state index contributed by atoms with van der Waals surface area (Å²) in [6.45, 7) is 1.62. The second kappa shape index (κ2) is 4.55. The molecule has 88 valence electrons. The van der Waals surface area contributed by atoms with E-state index in [0.29, 0.717) is 5.56 Å². The van der Waals surface area contributed by atoms with Gasteiger partial charge in [-0.3, -0.25) is 0 Å². The molecule has 6 nitrogen and oxygen atoms in total. The van der Waals surface area contributed by atoms with Crippen molar-refractivity contribution >= 4 is 15.0 Å². The van der Waals surface area contributed by atoms with E-state index in [1.165, 1.54) is 10.8 Å². The van der Waals surface area contributed by atoms with Crippen molar-refractivity contribution in [2.75, 3.05) is 6.61 Å². The van der Waals surface area contributed by atoms with Crippen molar-refractivity contribution in [1.29, 1.82) is 0 Å². The summed E-state index contributed by atoms with van der Waals surface area (Å²) in [6.07, 6.45) is 1.14. The fourth-order valence-electron chi connectivity index (χ4n) is 1.49. The van der Waals surface area contributed by atoms with Crippen molar-refractivity contribution in [3.63, 3.8) is 0 Å². The fourth-order valence-corrected chi connectivity index (χ4v) is 3.44. The molecule has 0 amide bonds. The average molecular weight is 291 g/mol. The van der Waals surface area contributed by atoms with Crippen LogP contribution in [0.1, 0.15) is 11.8 Å². The fraction of sp³-hybridized carbons (Fsp3) is 0.556. The van der Waals surface area contributed by atoms with Crippen LogP contribution >= 0.6 is 0 Å². The summed E-state index contributed by atoms with van der Waals surface area (Å²) in [5.41, 5.74) is -0.360. The van der Waals surface area contributed by atoms with Crippen molar-refractivity contribution in [2.24, 2.45) is 0 Å². The Kier molecular flexibility index (Phi) is 3.30. The zero-order valence-electron chi connectivity index (χ0n) is 8.67. The normalized spacial score (nSPS) is 24.9. The van der Waals surface area contributed by atoms with Gasteiger partial charge >= 0.3 is 97.0 Å². The molecule has 1 aromatic rings. The molecule has 0 saturated carbocycles. The number of aryl methyl sites for hydroxylation is 1. The quantitative estimate of drug-likeness (QED) is 0.671. The third-order valence-corrected chi connectivity index (χ3v) is 4.67. The van der Waals surface area contributed by atoms with Gasteiger partial charge in [-0.25, -0.2) is 0 Å². The number of rotatable bonds is 2. The number of aromatic amines is 1. The van der Waals surface area contributed by atoms with Crippen LogP contribution in [-0.2, 0) is 4.74 Å². The average Bonchev–Trinajstić information content (AvgIpc) is 2.71. The molecule has 0 aliphatic carbocycles. The number of H-pyrrole nitrogens is 1. The number of hydrogen-bond donors (Lipinski definition) is 2. The molecule has 2 N–H and O–H groups in total. The molecule has 1 fully saturated rings. The summed E-state index contributed by atoms with van der Waals surface area (Å²) >= 11 is 0.170. The second-order valence-corrected chi connectivity index (χ2v) is 6.02. The van der Waals surface area contributed by atoms with Crippen molar-refractivity contribution in [1.82, 2.24) is 9.55 Å². The van der Waals surface area contributed by atoms with Gasteiger partial charge < -0.3 is 0 Å². The van der Waals surface area contributed by atoms with Crippen LogP contribution in [0.4, 0.5) is 0 Å². The Morgan fingerprint density at radius 1 is 1.69 bits per heavy atom. The van der Waals surface area contributed by atoms with Crippen LogP contribution in [0, 0.1) is 6.92 Å². The van der Waals surface area contributed by atoms with Crippen LogP contribution in [-0.4, -0.2) is 41.2 Å². The van der Waals surface area contributed by atoms with Crippen LogP contribution in [0.5, 0.6) is 0 Å². The molecule has 1 aliphatic heterocycles. The molecule has 2 heterocycles. The second-order valence-electron chi connectivity index (χ2n) is 3.51. The van der Waals surface area contributed by atoms with Crippen molar-refractivity contribution in [3.8, 4) is 0 Å². The number of aliphatic hydroxyl groups excluding tert-OH is 1. The van der Waals surface area contributed by atoms with Crippen LogP contribution in [0.15, 0.2) is 15.8 Å². The first-order valence-corrected chi connectivity index (χ1v) is 7.02. The molecule has 1 aromatic heterocycles. The monoisotopic (exact) mass is 292 g/mol. The number of nitrogens with one attached hydrogen (secondary N) is 1. The van der Waals surface area contributed by atoms with E-state index < -0.39 is 5.69 Å². The summed E-state index contributed by atoms with van der Waals surface area (Å²) in [7, 11) is 0. The van der Waals surface area contributed by atoms with Gasteiger partial charge in [-0.05, 0) is 0 Å². The molecular formula is C9H12N2O4Se. The Morgan fingerprint density at radius 3 is 3.06 bits per heavy atom. The first-order valence-electron chi connectivity index (χ1n) is 4.82.